The zero-order valence-corrected chi connectivity index (χ0v) is 20.9. The lowest BCUT2D eigenvalue weighted by Gasteiger charge is -2.28. The van der Waals surface area contributed by atoms with Crippen molar-refractivity contribution in [3.63, 3.8) is 0 Å². The van der Waals surface area contributed by atoms with Crippen molar-refractivity contribution < 1.29 is 9.59 Å². The predicted molar refractivity (Wildman–Crippen MR) is 133 cm³/mol. The van der Waals surface area contributed by atoms with Crippen LogP contribution >= 0.6 is 31.9 Å². The summed E-state index contributed by atoms with van der Waals surface area (Å²) in [5.74, 6) is -0.812. The van der Waals surface area contributed by atoms with Crippen LogP contribution in [0.25, 0.3) is 0 Å². The largest absolute Gasteiger partial charge is 0.336 e. The van der Waals surface area contributed by atoms with Gasteiger partial charge in [-0.2, -0.15) is 0 Å². The van der Waals surface area contributed by atoms with E-state index in [1.807, 2.05) is 30.3 Å². The van der Waals surface area contributed by atoms with Gasteiger partial charge < -0.3 is 4.90 Å². The molecule has 0 aliphatic rings. The van der Waals surface area contributed by atoms with Crippen LogP contribution in [-0.4, -0.2) is 27.7 Å². The number of carbonyl (C=O) groups is 2. The molecule has 1 heterocycles. The van der Waals surface area contributed by atoms with Gasteiger partial charge in [-0.15, -0.1) is 0 Å². The van der Waals surface area contributed by atoms with Gasteiger partial charge in [-0.05, 0) is 46.1 Å². The van der Waals surface area contributed by atoms with Crippen LogP contribution in [0.4, 0.5) is 0 Å². The third-order valence-corrected chi connectivity index (χ3v) is 6.10. The molecule has 1 amide bonds. The van der Waals surface area contributed by atoms with Gasteiger partial charge in [0.15, 0.2) is 11.8 Å². The van der Waals surface area contributed by atoms with E-state index in [2.05, 4.69) is 38.8 Å². The van der Waals surface area contributed by atoms with Gasteiger partial charge in [-0.25, -0.2) is 0 Å². The summed E-state index contributed by atoms with van der Waals surface area (Å²) in [7, 11) is 0. The maximum Gasteiger partial charge on any atom is 0.254 e. The number of unbranched alkanes of at least 4 members (excludes halogenated alkanes) is 1. The number of rotatable bonds is 9. The number of hydrogen-bond acceptors (Lipinski definition) is 3. The van der Waals surface area contributed by atoms with Gasteiger partial charge in [0.05, 0.1) is 0 Å². The quantitative estimate of drug-likeness (QED) is 0.252. The van der Waals surface area contributed by atoms with E-state index in [1.54, 1.807) is 35.2 Å². The highest BCUT2D eigenvalue weighted by atomic mass is 79.9. The number of amides is 1. The van der Waals surface area contributed by atoms with Crippen molar-refractivity contribution >= 4 is 43.6 Å². The highest BCUT2D eigenvalue weighted by Gasteiger charge is 2.33. The Hall–Kier alpha value is -2.51. The fourth-order valence-corrected chi connectivity index (χ4v) is 4.02. The summed E-state index contributed by atoms with van der Waals surface area (Å²) in [5.41, 5.74) is 0.925. The molecule has 166 valence electrons. The molecule has 1 unspecified atom stereocenters. The van der Waals surface area contributed by atoms with Crippen LogP contribution in [0.5, 0.6) is 0 Å². The van der Waals surface area contributed by atoms with E-state index in [0.717, 1.165) is 22.9 Å². The van der Waals surface area contributed by atoms with Crippen LogP contribution in [0.1, 0.15) is 41.7 Å². The van der Waals surface area contributed by atoms with E-state index in [-0.39, 0.29) is 0 Å². The molecule has 5 nitrogen and oxygen atoms in total. The number of benzene rings is 2. The average Bonchev–Trinajstić information content (AvgIpc) is 2.80. The molecule has 0 fully saturated rings. The Bertz CT molecular complexity index is 1130. The van der Waals surface area contributed by atoms with Crippen molar-refractivity contribution in [2.75, 3.05) is 6.54 Å². The van der Waals surface area contributed by atoms with Crippen LogP contribution in [0.3, 0.4) is 0 Å². The Kier molecular flexibility index (Phi) is 8.59. The lowest BCUT2D eigenvalue weighted by molar-refractivity contribution is -0.134. The number of carbonyl (C=O) groups excluding carboxylic acids is 2. The molecule has 32 heavy (non-hydrogen) atoms. The molecular formula is C25H24Br2N2O3. The molecule has 7 heteroatoms. The van der Waals surface area contributed by atoms with Gasteiger partial charge in [0, 0.05) is 39.9 Å². The molecular weight excluding hydrogens is 536 g/mol. The lowest BCUT2D eigenvalue weighted by Crippen LogP contribution is -2.43. The van der Waals surface area contributed by atoms with Crippen LogP contribution in [0.2, 0.25) is 0 Å². The number of Topliss-reactive ketones (excluding diaryl/α,β-unsaturated/α-hetero) is 1. The minimum absolute atomic E-state index is 0.368. The first kappa shape index (κ1) is 24.1. The number of nitrogens with zero attached hydrogens (tertiary/aromatic N) is 2. The van der Waals surface area contributed by atoms with Gasteiger partial charge >= 0.3 is 0 Å². The number of ketones is 1. The van der Waals surface area contributed by atoms with Crippen molar-refractivity contribution in [1.82, 2.24) is 9.47 Å². The van der Waals surface area contributed by atoms with Crippen molar-refractivity contribution in [1.29, 1.82) is 0 Å². The molecule has 1 aromatic heterocycles. The summed E-state index contributed by atoms with van der Waals surface area (Å²) in [6.07, 6.45) is 3.20. The highest BCUT2D eigenvalue weighted by molar-refractivity contribution is 9.10. The Labute approximate surface area is 204 Å². The fourth-order valence-electron chi connectivity index (χ4n) is 3.40. The van der Waals surface area contributed by atoms with Crippen LogP contribution in [0, 0.1) is 0 Å². The first-order valence-corrected chi connectivity index (χ1v) is 12.0. The number of aromatic nitrogens is 1. The molecule has 3 rings (SSSR count). The molecule has 0 aliphatic carbocycles. The van der Waals surface area contributed by atoms with E-state index in [9.17, 15) is 14.4 Å². The summed E-state index contributed by atoms with van der Waals surface area (Å²) in [4.78, 5) is 41.8. The normalized spacial score (nSPS) is 11.7. The van der Waals surface area contributed by atoms with Crippen molar-refractivity contribution in [3.05, 3.63) is 103 Å². The first-order chi connectivity index (χ1) is 15.4. The number of halogens is 2. The van der Waals surface area contributed by atoms with Crippen LogP contribution in [-0.2, 0) is 11.3 Å². The first-order valence-electron chi connectivity index (χ1n) is 10.4. The maximum atomic E-state index is 13.8. The van der Waals surface area contributed by atoms with Gasteiger partial charge in [0.25, 0.3) is 11.5 Å². The van der Waals surface area contributed by atoms with Gasteiger partial charge in [-0.3, -0.25) is 19.0 Å². The Morgan fingerprint density at radius 3 is 2.25 bits per heavy atom. The van der Waals surface area contributed by atoms with E-state index in [0.29, 0.717) is 23.1 Å². The summed E-state index contributed by atoms with van der Waals surface area (Å²) >= 11 is 6.73. The number of pyridine rings is 1. The monoisotopic (exact) mass is 558 g/mol. The zero-order valence-electron chi connectivity index (χ0n) is 17.7. The minimum Gasteiger partial charge on any atom is -0.336 e. The molecule has 3 aromatic rings. The predicted octanol–water partition coefficient (Wildman–Crippen LogP) is 5.63. The highest BCUT2D eigenvalue weighted by Crippen LogP contribution is 2.22. The fraction of sp³-hybridized carbons (Fsp3) is 0.240. The second kappa shape index (κ2) is 11.4. The van der Waals surface area contributed by atoms with Crippen molar-refractivity contribution in [2.24, 2.45) is 0 Å². The zero-order chi connectivity index (χ0) is 23.1. The van der Waals surface area contributed by atoms with E-state index < -0.39 is 23.3 Å². The van der Waals surface area contributed by atoms with E-state index in [4.69, 9.17) is 0 Å². The SMILES string of the molecule is CCCCN(Cc1ccccc1)C(=O)C(C(=O)c1ccc(Br)cc1)n1cc(Br)ccc1=O. The van der Waals surface area contributed by atoms with E-state index in [1.165, 1.54) is 16.8 Å². The third-order valence-electron chi connectivity index (χ3n) is 5.10. The van der Waals surface area contributed by atoms with Gasteiger partial charge in [0.2, 0.25) is 0 Å². The third kappa shape index (κ3) is 6.04. The van der Waals surface area contributed by atoms with Crippen LogP contribution in [0.15, 0.2) is 86.7 Å². The Balaban J connectivity index is 2.05. The molecule has 0 radical (unpaired) electrons. The summed E-state index contributed by atoms with van der Waals surface area (Å²) in [6, 6.07) is 18.1. The summed E-state index contributed by atoms with van der Waals surface area (Å²) in [6.45, 7) is 2.91. The summed E-state index contributed by atoms with van der Waals surface area (Å²) in [5, 5.41) is 0. The van der Waals surface area contributed by atoms with Crippen LogP contribution < -0.4 is 5.56 Å². The smallest absolute Gasteiger partial charge is 0.254 e. The number of hydrogen-bond donors (Lipinski definition) is 0. The van der Waals surface area contributed by atoms with Gasteiger partial charge in [0.1, 0.15) is 0 Å². The molecule has 0 spiro atoms. The molecule has 0 saturated carbocycles. The Morgan fingerprint density at radius 1 is 0.938 bits per heavy atom. The second-order valence-corrected chi connectivity index (χ2v) is 9.30. The molecule has 1 atom stereocenters. The minimum atomic E-state index is -1.29. The average molecular weight is 560 g/mol. The molecule has 2 aromatic carbocycles. The van der Waals surface area contributed by atoms with Gasteiger partial charge in [-0.1, -0.05) is 71.7 Å². The summed E-state index contributed by atoms with van der Waals surface area (Å²) < 4.78 is 2.66. The van der Waals surface area contributed by atoms with Crippen molar-refractivity contribution in [3.8, 4) is 0 Å². The van der Waals surface area contributed by atoms with E-state index >= 15 is 0 Å². The Morgan fingerprint density at radius 2 is 1.59 bits per heavy atom. The topological polar surface area (TPSA) is 59.4 Å². The molecule has 0 N–H and O–H groups in total. The van der Waals surface area contributed by atoms with Crippen molar-refractivity contribution in [2.45, 2.75) is 32.4 Å². The molecule has 0 aliphatic heterocycles. The lowest BCUT2D eigenvalue weighted by atomic mass is 10.0. The molecule has 0 bridgehead atoms. The second-order valence-electron chi connectivity index (χ2n) is 7.47. The molecule has 0 saturated heterocycles. The standard InChI is InChI=1S/C25H24Br2N2O3/c1-2-3-15-28(16-18-7-5-4-6-8-18)25(32)23(29-17-21(27)13-14-22(29)30)24(31)19-9-11-20(26)12-10-19/h4-14,17,23H,2-3,15-16H2,1H3. The maximum absolute atomic E-state index is 13.8.